The van der Waals surface area contributed by atoms with E-state index in [-0.39, 0.29) is 11.3 Å². The Morgan fingerprint density at radius 2 is 1.97 bits per heavy atom. The molecule has 7 nitrogen and oxygen atoms in total. The average molecular weight is 485 g/mol. The summed E-state index contributed by atoms with van der Waals surface area (Å²) >= 11 is 2.74. The van der Waals surface area contributed by atoms with E-state index in [1.807, 2.05) is 51.1 Å². The minimum atomic E-state index is -0.544. The lowest BCUT2D eigenvalue weighted by Crippen LogP contribution is -2.48. The van der Waals surface area contributed by atoms with Crippen LogP contribution in [-0.2, 0) is 17.6 Å². The van der Waals surface area contributed by atoms with Crippen LogP contribution in [-0.4, -0.2) is 32.8 Å². The third kappa shape index (κ3) is 5.30. The number of rotatable bonds is 4. The van der Waals surface area contributed by atoms with Crippen molar-refractivity contribution in [3.8, 4) is 5.69 Å². The molecule has 0 spiro atoms. The fourth-order valence-electron chi connectivity index (χ4n) is 3.94. The first-order valence-electron chi connectivity index (χ1n) is 11.0. The van der Waals surface area contributed by atoms with Crippen molar-refractivity contribution in [1.82, 2.24) is 20.2 Å². The van der Waals surface area contributed by atoms with Gasteiger partial charge in [-0.05, 0) is 63.6 Å². The Labute approximate surface area is 201 Å². The predicted octanol–water partition coefficient (Wildman–Crippen LogP) is 4.29. The summed E-state index contributed by atoms with van der Waals surface area (Å²) in [6.45, 7) is 7.75. The molecule has 1 atom stereocenters. The fraction of sp³-hybridized carbons (Fsp3) is 0.417. The molecule has 0 fully saturated rings. The Balaban J connectivity index is 1.68. The third-order valence-corrected chi connectivity index (χ3v) is 7.47. The fourth-order valence-corrected chi connectivity index (χ4v) is 6.17. The number of benzene rings is 1. The number of amides is 3. The molecule has 0 bridgehead atoms. The van der Waals surface area contributed by atoms with Crippen molar-refractivity contribution in [2.75, 3.05) is 5.75 Å². The highest BCUT2D eigenvalue weighted by Gasteiger charge is 2.25. The minimum absolute atomic E-state index is 0.0372. The van der Waals surface area contributed by atoms with Gasteiger partial charge >= 0.3 is 6.03 Å². The van der Waals surface area contributed by atoms with Crippen LogP contribution in [0.25, 0.3) is 15.9 Å². The lowest BCUT2D eigenvalue weighted by molar-refractivity contribution is -0.117. The first kappa shape index (κ1) is 23.5. The molecule has 2 N–H and O–H groups in total. The first-order chi connectivity index (χ1) is 15.6. The van der Waals surface area contributed by atoms with Gasteiger partial charge in [-0.25, -0.2) is 9.78 Å². The number of aromatic nitrogens is 2. The van der Waals surface area contributed by atoms with Gasteiger partial charge in [0.25, 0.3) is 5.56 Å². The maximum absolute atomic E-state index is 13.7. The van der Waals surface area contributed by atoms with Gasteiger partial charge in [-0.15, -0.1) is 11.3 Å². The van der Waals surface area contributed by atoms with E-state index < -0.39 is 17.5 Å². The molecule has 9 heteroatoms. The molecule has 0 radical (unpaired) electrons. The van der Waals surface area contributed by atoms with Gasteiger partial charge in [-0.1, -0.05) is 36.9 Å². The van der Waals surface area contributed by atoms with E-state index >= 15 is 0 Å². The average Bonchev–Trinajstić information content (AvgIpc) is 3.09. The van der Waals surface area contributed by atoms with Gasteiger partial charge in [0.2, 0.25) is 5.91 Å². The van der Waals surface area contributed by atoms with E-state index in [0.29, 0.717) is 22.1 Å². The number of thioether (sulfide) groups is 1. The summed E-state index contributed by atoms with van der Waals surface area (Å²) in [5.74, 6) is 0.110. The number of nitrogens with one attached hydrogen (secondary N) is 2. The number of hydrogen-bond acceptors (Lipinski definition) is 6. The van der Waals surface area contributed by atoms with Crippen LogP contribution in [0, 0.1) is 5.92 Å². The van der Waals surface area contributed by atoms with Crippen LogP contribution in [0.2, 0.25) is 0 Å². The van der Waals surface area contributed by atoms with Crippen LogP contribution in [0.15, 0.2) is 40.3 Å². The molecule has 2 heterocycles. The second-order valence-electron chi connectivity index (χ2n) is 9.44. The van der Waals surface area contributed by atoms with E-state index in [2.05, 4.69) is 17.6 Å². The highest BCUT2D eigenvalue weighted by molar-refractivity contribution is 7.99. The first-order valence-corrected chi connectivity index (χ1v) is 12.8. The molecule has 1 aliphatic carbocycles. The second-order valence-corrected chi connectivity index (χ2v) is 11.5. The molecule has 3 aromatic rings. The van der Waals surface area contributed by atoms with Crippen LogP contribution in [0.1, 0.15) is 44.6 Å². The van der Waals surface area contributed by atoms with Crippen molar-refractivity contribution in [3.05, 3.63) is 51.1 Å². The van der Waals surface area contributed by atoms with Crippen molar-refractivity contribution in [3.63, 3.8) is 0 Å². The number of carbonyl (C=O) groups excluding carboxylic acids is 2. The van der Waals surface area contributed by atoms with E-state index in [0.717, 1.165) is 41.4 Å². The third-order valence-electron chi connectivity index (χ3n) is 5.39. The number of thiophene rings is 1. The van der Waals surface area contributed by atoms with Crippen LogP contribution >= 0.6 is 23.1 Å². The lowest BCUT2D eigenvalue weighted by Gasteiger charge is -2.20. The molecule has 2 aromatic heterocycles. The maximum Gasteiger partial charge on any atom is 0.321 e. The van der Waals surface area contributed by atoms with Crippen LogP contribution < -0.4 is 16.2 Å². The molecule has 4 rings (SSSR count). The standard InChI is InChI=1S/C24H28N4O3S2/c1-14-10-11-16-17(12-14)33-20-19(16)21(30)28(15-8-6-5-7-9-15)23(26-20)32-13-18(29)25-22(31)27-24(2,3)4/h5-9,14H,10-13H2,1-4H3,(H2,25,27,29,31). The predicted molar refractivity (Wildman–Crippen MR) is 134 cm³/mol. The SMILES string of the molecule is CC1CCc2c(sc3nc(SCC(=O)NC(=O)NC(C)(C)C)n(-c4ccccc4)c(=O)c23)C1. The van der Waals surface area contributed by atoms with Gasteiger partial charge in [-0.2, -0.15) is 0 Å². The van der Waals surface area contributed by atoms with Gasteiger partial charge in [-0.3, -0.25) is 19.5 Å². The van der Waals surface area contributed by atoms with Crippen molar-refractivity contribution >= 4 is 45.3 Å². The summed E-state index contributed by atoms with van der Waals surface area (Å²) in [5.41, 5.74) is 1.28. The van der Waals surface area contributed by atoms with Crippen molar-refractivity contribution in [1.29, 1.82) is 0 Å². The number of nitrogens with zero attached hydrogens (tertiary/aromatic N) is 2. The summed E-state index contributed by atoms with van der Waals surface area (Å²) in [7, 11) is 0. The van der Waals surface area contributed by atoms with Crippen LogP contribution in [0.5, 0.6) is 0 Å². The number of imide groups is 1. The van der Waals surface area contributed by atoms with E-state index in [9.17, 15) is 14.4 Å². The quantitative estimate of drug-likeness (QED) is 0.426. The number of hydrogen-bond donors (Lipinski definition) is 2. The Hall–Kier alpha value is -2.65. The Morgan fingerprint density at radius 1 is 1.24 bits per heavy atom. The van der Waals surface area contributed by atoms with Gasteiger partial charge in [0.15, 0.2) is 5.16 Å². The number of para-hydroxylation sites is 1. The summed E-state index contributed by atoms with van der Waals surface area (Å²) < 4.78 is 1.58. The van der Waals surface area contributed by atoms with Gasteiger partial charge < -0.3 is 5.32 Å². The Morgan fingerprint density at radius 3 is 2.67 bits per heavy atom. The summed E-state index contributed by atoms with van der Waals surface area (Å²) in [4.78, 5) is 44.9. The van der Waals surface area contributed by atoms with Crippen LogP contribution in [0.3, 0.4) is 0 Å². The monoisotopic (exact) mass is 484 g/mol. The van der Waals surface area contributed by atoms with E-state index in [4.69, 9.17) is 4.98 Å². The largest absolute Gasteiger partial charge is 0.333 e. The summed E-state index contributed by atoms with van der Waals surface area (Å²) in [6.07, 6.45) is 2.92. The summed E-state index contributed by atoms with van der Waals surface area (Å²) in [5, 5.41) is 6.18. The molecule has 33 heavy (non-hydrogen) atoms. The zero-order valence-corrected chi connectivity index (χ0v) is 20.9. The molecule has 0 aliphatic heterocycles. The Kier molecular flexibility index (Phi) is 6.63. The number of aryl methyl sites for hydroxylation is 1. The van der Waals surface area contributed by atoms with Gasteiger partial charge in [0.1, 0.15) is 4.83 Å². The maximum atomic E-state index is 13.7. The molecular weight excluding hydrogens is 456 g/mol. The van der Waals surface area contributed by atoms with Crippen molar-refractivity contribution in [2.45, 2.75) is 57.7 Å². The van der Waals surface area contributed by atoms with Gasteiger partial charge in [0.05, 0.1) is 16.8 Å². The van der Waals surface area contributed by atoms with Crippen molar-refractivity contribution in [2.24, 2.45) is 5.92 Å². The van der Waals surface area contributed by atoms with Crippen molar-refractivity contribution < 1.29 is 9.59 Å². The number of urea groups is 1. The molecule has 174 valence electrons. The van der Waals surface area contributed by atoms with E-state index in [1.54, 1.807) is 15.9 Å². The molecule has 0 saturated carbocycles. The molecular formula is C24H28N4O3S2. The molecule has 0 saturated heterocycles. The Bertz CT molecular complexity index is 1260. The normalized spacial score (nSPS) is 15.8. The highest BCUT2D eigenvalue weighted by atomic mass is 32.2. The van der Waals surface area contributed by atoms with E-state index in [1.165, 1.54) is 4.88 Å². The molecule has 3 amide bonds. The van der Waals surface area contributed by atoms with Gasteiger partial charge in [0, 0.05) is 10.4 Å². The zero-order valence-electron chi connectivity index (χ0n) is 19.2. The number of fused-ring (bicyclic) bond motifs is 3. The summed E-state index contributed by atoms with van der Waals surface area (Å²) in [6, 6.07) is 8.80. The second kappa shape index (κ2) is 9.30. The molecule has 1 unspecified atom stereocenters. The lowest BCUT2D eigenvalue weighted by atomic mass is 9.89. The van der Waals surface area contributed by atoms with Crippen LogP contribution in [0.4, 0.5) is 4.79 Å². The molecule has 1 aliphatic rings. The topological polar surface area (TPSA) is 93.1 Å². The number of carbonyl (C=O) groups is 2. The zero-order chi connectivity index (χ0) is 23.8. The smallest absolute Gasteiger partial charge is 0.321 e. The highest BCUT2D eigenvalue weighted by Crippen LogP contribution is 2.37. The molecule has 1 aromatic carbocycles. The minimum Gasteiger partial charge on any atom is -0.333 e.